The summed E-state index contributed by atoms with van der Waals surface area (Å²) in [4.78, 5) is 11.2. The van der Waals surface area contributed by atoms with Crippen LogP contribution in [0.5, 0.6) is 5.75 Å². The Bertz CT molecular complexity index is 382. The van der Waals surface area contributed by atoms with E-state index in [0.29, 0.717) is 5.75 Å². The zero-order chi connectivity index (χ0) is 12.1. The van der Waals surface area contributed by atoms with Gasteiger partial charge in [0.05, 0.1) is 11.0 Å². The Balaban J connectivity index is 3.04. The van der Waals surface area contributed by atoms with Crippen molar-refractivity contribution in [1.82, 2.24) is 4.72 Å². The molecule has 0 saturated carbocycles. The van der Waals surface area contributed by atoms with Crippen LogP contribution in [0.15, 0.2) is 23.1 Å². The summed E-state index contributed by atoms with van der Waals surface area (Å²) in [7, 11) is 1.76. The second-order valence-electron chi connectivity index (χ2n) is 3.36. The van der Waals surface area contributed by atoms with E-state index in [-0.39, 0.29) is 11.8 Å². The maximum absolute atomic E-state index is 10.9. The van der Waals surface area contributed by atoms with Gasteiger partial charge in [-0.1, -0.05) is 0 Å². The fraction of sp³-hybridized carbons (Fsp3) is 0.400. The highest BCUT2D eigenvalue weighted by Crippen LogP contribution is 2.31. The molecular formula is C10H14N2O3S. The Labute approximate surface area is 98.5 Å². The van der Waals surface area contributed by atoms with E-state index in [9.17, 15) is 10.1 Å². The highest BCUT2D eigenvalue weighted by molar-refractivity contribution is 7.97. The van der Waals surface area contributed by atoms with Crippen LogP contribution < -0.4 is 9.46 Å². The molecule has 0 aliphatic heterocycles. The van der Waals surface area contributed by atoms with Crippen LogP contribution in [0.3, 0.4) is 0 Å². The number of rotatable bonds is 5. The Hall–Kier alpha value is -1.27. The minimum Gasteiger partial charge on any atom is -0.484 e. The zero-order valence-electron chi connectivity index (χ0n) is 9.39. The summed E-state index contributed by atoms with van der Waals surface area (Å²) in [5.74, 6) is 0.306. The highest BCUT2D eigenvalue weighted by atomic mass is 32.2. The summed E-state index contributed by atoms with van der Waals surface area (Å²) in [5, 5.41) is 10.9. The monoisotopic (exact) mass is 242 g/mol. The lowest BCUT2D eigenvalue weighted by molar-refractivity contribution is -0.386. The number of nitrogens with zero attached hydrogens (tertiary/aromatic N) is 1. The first kappa shape index (κ1) is 12.8. The highest BCUT2D eigenvalue weighted by Gasteiger charge is 2.16. The number of hydrogen-bond acceptors (Lipinski definition) is 5. The number of benzene rings is 1. The van der Waals surface area contributed by atoms with Gasteiger partial charge in [0.2, 0.25) is 0 Å². The van der Waals surface area contributed by atoms with E-state index in [4.69, 9.17) is 4.74 Å². The lowest BCUT2D eigenvalue weighted by Crippen LogP contribution is -2.07. The SMILES string of the molecule is CNSc1ccc(OC(C)C)c([N+](=O)[O-])c1. The molecule has 0 aliphatic carbocycles. The van der Waals surface area contributed by atoms with E-state index in [2.05, 4.69) is 4.72 Å². The van der Waals surface area contributed by atoms with Crippen molar-refractivity contribution < 1.29 is 9.66 Å². The van der Waals surface area contributed by atoms with E-state index in [1.807, 2.05) is 13.8 Å². The normalized spacial score (nSPS) is 10.5. The van der Waals surface area contributed by atoms with Gasteiger partial charge >= 0.3 is 5.69 Å². The number of nitro groups is 1. The molecule has 1 rings (SSSR count). The molecule has 0 unspecified atom stereocenters. The quantitative estimate of drug-likeness (QED) is 0.488. The first-order valence-electron chi connectivity index (χ1n) is 4.83. The third kappa shape index (κ3) is 3.39. The van der Waals surface area contributed by atoms with Gasteiger partial charge in [-0.2, -0.15) is 0 Å². The summed E-state index contributed by atoms with van der Waals surface area (Å²) < 4.78 is 8.23. The first-order chi connectivity index (χ1) is 7.54. The first-order valence-corrected chi connectivity index (χ1v) is 5.65. The second kappa shape index (κ2) is 5.72. The molecule has 0 amide bonds. The van der Waals surface area contributed by atoms with Crippen LogP contribution in [0.25, 0.3) is 0 Å². The average molecular weight is 242 g/mol. The average Bonchev–Trinajstić information content (AvgIpc) is 2.19. The molecule has 0 heterocycles. The van der Waals surface area contributed by atoms with Crippen LogP contribution in [0.2, 0.25) is 0 Å². The van der Waals surface area contributed by atoms with Crippen molar-refractivity contribution in [3.63, 3.8) is 0 Å². The molecule has 0 atom stereocenters. The number of ether oxygens (including phenoxy) is 1. The van der Waals surface area contributed by atoms with Gasteiger partial charge in [0, 0.05) is 11.0 Å². The maximum Gasteiger partial charge on any atom is 0.312 e. The zero-order valence-corrected chi connectivity index (χ0v) is 10.2. The van der Waals surface area contributed by atoms with E-state index in [1.165, 1.54) is 18.0 Å². The Morgan fingerprint density at radius 1 is 1.50 bits per heavy atom. The van der Waals surface area contributed by atoms with Gasteiger partial charge in [0.15, 0.2) is 5.75 Å². The Kier molecular flexibility index (Phi) is 4.57. The molecule has 1 N–H and O–H groups in total. The van der Waals surface area contributed by atoms with E-state index in [0.717, 1.165) is 4.90 Å². The van der Waals surface area contributed by atoms with Crippen molar-refractivity contribution in [2.45, 2.75) is 24.8 Å². The molecule has 5 nitrogen and oxygen atoms in total. The largest absolute Gasteiger partial charge is 0.484 e. The number of hydrogen-bond donors (Lipinski definition) is 1. The van der Waals surface area contributed by atoms with Crippen molar-refractivity contribution in [1.29, 1.82) is 0 Å². The van der Waals surface area contributed by atoms with E-state index in [1.54, 1.807) is 19.2 Å². The van der Waals surface area contributed by atoms with Gasteiger partial charge in [-0.15, -0.1) is 0 Å². The topological polar surface area (TPSA) is 64.4 Å². The molecule has 0 saturated heterocycles. The molecule has 0 radical (unpaired) electrons. The molecule has 0 fully saturated rings. The van der Waals surface area contributed by atoms with Gasteiger partial charge in [-0.25, -0.2) is 0 Å². The predicted molar refractivity (Wildman–Crippen MR) is 63.8 cm³/mol. The van der Waals surface area contributed by atoms with Crippen molar-refractivity contribution in [3.05, 3.63) is 28.3 Å². The van der Waals surface area contributed by atoms with Gasteiger partial charge in [-0.3, -0.25) is 14.8 Å². The van der Waals surface area contributed by atoms with Crippen LogP contribution in [0.1, 0.15) is 13.8 Å². The number of nitrogens with one attached hydrogen (secondary N) is 1. The molecule has 1 aromatic rings. The molecule has 0 spiro atoms. The molecule has 0 aromatic heterocycles. The molecule has 1 aromatic carbocycles. The lowest BCUT2D eigenvalue weighted by Gasteiger charge is -2.10. The summed E-state index contributed by atoms with van der Waals surface area (Å²) in [6.07, 6.45) is -0.0819. The van der Waals surface area contributed by atoms with E-state index >= 15 is 0 Å². The van der Waals surface area contributed by atoms with Gasteiger partial charge in [-0.05, 0) is 45.0 Å². The molecule has 0 bridgehead atoms. The Morgan fingerprint density at radius 3 is 2.69 bits per heavy atom. The predicted octanol–water partition coefficient (Wildman–Crippen LogP) is 2.61. The van der Waals surface area contributed by atoms with Gasteiger partial charge < -0.3 is 4.74 Å². The van der Waals surface area contributed by atoms with Crippen molar-refractivity contribution >= 4 is 17.6 Å². The summed E-state index contributed by atoms with van der Waals surface area (Å²) >= 11 is 1.32. The minimum absolute atomic E-state index is 0.00560. The third-order valence-corrected chi connectivity index (χ3v) is 2.40. The molecule has 88 valence electrons. The Morgan fingerprint density at radius 2 is 2.19 bits per heavy atom. The van der Waals surface area contributed by atoms with E-state index < -0.39 is 4.92 Å². The van der Waals surface area contributed by atoms with Crippen LogP contribution in [0, 0.1) is 10.1 Å². The summed E-state index contributed by atoms with van der Waals surface area (Å²) in [6, 6.07) is 4.91. The van der Waals surface area contributed by atoms with Gasteiger partial charge in [0.1, 0.15) is 0 Å². The smallest absolute Gasteiger partial charge is 0.312 e. The van der Waals surface area contributed by atoms with Crippen molar-refractivity contribution in [3.8, 4) is 5.75 Å². The molecule has 0 aliphatic rings. The summed E-state index contributed by atoms with van der Waals surface area (Å²) in [6.45, 7) is 3.67. The maximum atomic E-state index is 10.9. The van der Waals surface area contributed by atoms with Crippen LogP contribution in [-0.2, 0) is 0 Å². The fourth-order valence-corrected chi connectivity index (χ4v) is 1.72. The third-order valence-electron chi connectivity index (χ3n) is 1.71. The molecule has 6 heteroatoms. The second-order valence-corrected chi connectivity index (χ2v) is 4.44. The van der Waals surface area contributed by atoms with Gasteiger partial charge in [0.25, 0.3) is 0 Å². The van der Waals surface area contributed by atoms with Crippen molar-refractivity contribution in [2.24, 2.45) is 0 Å². The fourth-order valence-electron chi connectivity index (χ4n) is 1.17. The van der Waals surface area contributed by atoms with Crippen LogP contribution >= 0.6 is 11.9 Å². The van der Waals surface area contributed by atoms with Crippen LogP contribution in [0.4, 0.5) is 5.69 Å². The lowest BCUT2D eigenvalue weighted by atomic mass is 10.3. The standard InChI is InChI=1S/C10H14N2O3S/c1-7(2)15-10-5-4-8(16-11-3)6-9(10)12(13)14/h4-7,11H,1-3H3. The molecular weight excluding hydrogens is 228 g/mol. The minimum atomic E-state index is -0.433. The molecule has 16 heavy (non-hydrogen) atoms. The number of nitro benzene ring substituents is 1. The van der Waals surface area contributed by atoms with Crippen molar-refractivity contribution in [2.75, 3.05) is 7.05 Å². The summed E-state index contributed by atoms with van der Waals surface area (Å²) in [5.41, 5.74) is -0.00560. The van der Waals surface area contributed by atoms with Crippen LogP contribution in [-0.4, -0.2) is 18.1 Å².